The van der Waals surface area contributed by atoms with Crippen molar-refractivity contribution in [2.45, 2.75) is 18.7 Å². The van der Waals surface area contributed by atoms with E-state index < -0.39 is 10.0 Å². The molecule has 0 saturated carbocycles. The minimum Gasteiger partial charge on any atom is -0.325 e. The number of rotatable bonds is 7. The predicted molar refractivity (Wildman–Crippen MR) is 99.2 cm³/mol. The van der Waals surface area contributed by atoms with Gasteiger partial charge in [0.05, 0.1) is 16.7 Å². The maximum Gasteiger partial charge on any atom is 0.244 e. The second-order valence-corrected chi connectivity index (χ2v) is 8.62. The largest absolute Gasteiger partial charge is 0.325 e. The van der Waals surface area contributed by atoms with E-state index in [2.05, 4.69) is 5.32 Å². The van der Waals surface area contributed by atoms with E-state index in [1.165, 1.54) is 39.2 Å². The molecule has 1 N–H and O–H groups in total. The van der Waals surface area contributed by atoms with Crippen molar-refractivity contribution in [3.63, 3.8) is 0 Å². The fraction of sp³-hybridized carbons (Fsp3) is 0.467. The van der Waals surface area contributed by atoms with Gasteiger partial charge in [0.1, 0.15) is 11.4 Å². The number of nitrogens with zero attached hydrogens (tertiary/aromatic N) is 2. The van der Waals surface area contributed by atoms with Gasteiger partial charge in [0.2, 0.25) is 21.8 Å². The molecule has 0 radical (unpaired) electrons. The molecule has 0 aliphatic carbocycles. The Labute approximate surface area is 156 Å². The Kier molecular flexibility index (Phi) is 6.72. The monoisotopic (exact) mass is 405 g/mol. The summed E-state index contributed by atoms with van der Waals surface area (Å²) < 4.78 is 26.6. The van der Waals surface area contributed by atoms with E-state index in [0.717, 1.165) is 0 Å². The number of sulfonamides is 1. The number of nitrogens with one attached hydrogen (secondary N) is 1. The molecule has 1 fully saturated rings. The molecule has 138 valence electrons. The molecule has 1 aliphatic rings. The van der Waals surface area contributed by atoms with Gasteiger partial charge in [-0.05, 0) is 18.2 Å². The number of halogens is 1. The first-order valence-electron chi connectivity index (χ1n) is 7.74. The smallest absolute Gasteiger partial charge is 0.244 e. The summed E-state index contributed by atoms with van der Waals surface area (Å²) in [5.74, 6) is 0.389. The van der Waals surface area contributed by atoms with Crippen LogP contribution in [0.2, 0.25) is 5.02 Å². The van der Waals surface area contributed by atoms with Gasteiger partial charge in [-0.15, -0.1) is 11.8 Å². The van der Waals surface area contributed by atoms with Crippen LogP contribution < -0.4 is 5.32 Å². The Morgan fingerprint density at radius 3 is 2.60 bits per heavy atom. The molecule has 1 aliphatic heterocycles. The lowest BCUT2D eigenvalue weighted by atomic mass is 10.3. The normalized spacial score (nSPS) is 15.0. The molecule has 25 heavy (non-hydrogen) atoms. The zero-order valence-corrected chi connectivity index (χ0v) is 16.4. The molecule has 1 heterocycles. The first-order valence-corrected chi connectivity index (χ1v) is 10.7. The SMILES string of the molecule is CCN(CC)S(=O)(=O)c1cc(NC(=O)CN2CSCC2=O)ccc1Cl. The first kappa shape index (κ1) is 20.0. The summed E-state index contributed by atoms with van der Waals surface area (Å²) in [5.41, 5.74) is 0.319. The lowest BCUT2D eigenvalue weighted by Gasteiger charge is -2.20. The molecule has 10 heteroatoms. The molecule has 1 aromatic rings. The van der Waals surface area contributed by atoms with Crippen molar-refractivity contribution in [1.29, 1.82) is 0 Å². The quantitative estimate of drug-likeness (QED) is 0.747. The fourth-order valence-electron chi connectivity index (χ4n) is 2.40. The standard InChI is InChI=1S/C15H20ClN3O4S2/c1-3-19(4-2)25(22,23)13-7-11(5-6-12(13)16)17-14(20)8-18-10-24-9-15(18)21/h5-7H,3-4,8-10H2,1-2H3,(H,17,20). The number of hydrogen-bond acceptors (Lipinski definition) is 5. The number of hydrogen-bond donors (Lipinski definition) is 1. The van der Waals surface area contributed by atoms with Crippen molar-refractivity contribution < 1.29 is 18.0 Å². The number of benzene rings is 1. The van der Waals surface area contributed by atoms with Gasteiger partial charge in [0.25, 0.3) is 0 Å². The van der Waals surface area contributed by atoms with Crippen LogP contribution in [-0.4, -0.2) is 60.7 Å². The van der Waals surface area contributed by atoms with E-state index >= 15 is 0 Å². The molecular weight excluding hydrogens is 386 g/mol. The van der Waals surface area contributed by atoms with Crippen molar-refractivity contribution >= 4 is 50.9 Å². The van der Waals surface area contributed by atoms with Gasteiger partial charge in [0.15, 0.2) is 0 Å². The van der Waals surface area contributed by atoms with E-state index in [1.54, 1.807) is 13.8 Å². The topological polar surface area (TPSA) is 86.8 Å². The lowest BCUT2D eigenvalue weighted by Crippen LogP contribution is -2.34. The third-order valence-corrected chi connectivity index (χ3v) is 7.17. The molecule has 0 aromatic heterocycles. The Hall–Kier alpha value is -1.29. The van der Waals surface area contributed by atoms with Gasteiger partial charge >= 0.3 is 0 Å². The number of anilines is 1. The first-order chi connectivity index (χ1) is 11.8. The van der Waals surface area contributed by atoms with Crippen LogP contribution in [0.3, 0.4) is 0 Å². The fourth-order valence-corrected chi connectivity index (χ4v) is 5.26. The molecule has 2 amide bonds. The third kappa shape index (κ3) is 4.66. The molecule has 2 rings (SSSR count). The summed E-state index contributed by atoms with van der Waals surface area (Å²) in [4.78, 5) is 25.1. The molecule has 7 nitrogen and oxygen atoms in total. The highest BCUT2D eigenvalue weighted by molar-refractivity contribution is 8.00. The molecule has 0 atom stereocenters. The predicted octanol–water partition coefficient (Wildman–Crippen LogP) is 1.84. The van der Waals surface area contributed by atoms with Gasteiger partial charge in [-0.3, -0.25) is 9.59 Å². The summed E-state index contributed by atoms with van der Waals surface area (Å²) in [7, 11) is -3.74. The Balaban J connectivity index is 2.18. The van der Waals surface area contributed by atoms with Crippen molar-refractivity contribution in [1.82, 2.24) is 9.21 Å². The van der Waals surface area contributed by atoms with Crippen LogP contribution in [0.15, 0.2) is 23.1 Å². The summed E-state index contributed by atoms with van der Waals surface area (Å²) in [6.45, 7) is 4.06. The van der Waals surface area contributed by atoms with Gasteiger partial charge in [-0.2, -0.15) is 4.31 Å². The molecule has 0 unspecified atom stereocenters. The van der Waals surface area contributed by atoms with E-state index in [9.17, 15) is 18.0 Å². The molecular formula is C15H20ClN3O4S2. The molecule has 1 aromatic carbocycles. The third-order valence-electron chi connectivity index (χ3n) is 3.70. The molecule has 0 spiro atoms. The number of carbonyl (C=O) groups excluding carboxylic acids is 2. The van der Waals surface area contributed by atoms with Crippen molar-refractivity contribution in [3.05, 3.63) is 23.2 Å². The average Bonchev–Trinajstić information content (AvgIpc) is 2.95. The van der Waals surface area contributed by atoms with Gasteiger partial charge < -0.3 is 10.2 Å². The highest BCUT2D eigenvalue weighted by atomic mass is 35.5. The van der Waals surface area contributed by atoms with E-state index in [-0.39, 0.29) is 28.3 Å². The van der Waals surface area contributed by atoms with E-state index in [4.69, 9.17) is 11.6 Å². The van der Waals surface area contributed by atoms with Crippen LogP contribution >= 0.6 is 23.4 Å². The van der Waals surface area contributed by atoms with Crippen molar-refractivity contribution in [3.8, 4) is 0 Å². The second kappa shape index (κ2) is 8.39. The Morgan fingerprint density at radius 1 is 1.36 bits per heavy atom. The van der Waals surface area contributed by atoms with Crippen LogP contribution in [-0.2, 0) is 19.6 Å². The van der Waals surface area contributed by atoms with Gasteiger partial charge in [-0.1, -0.05) is 25.4 Å². The summed E-state index contributed by atoms with van der Waals surface area (Å²) in [6.07, 6.45) is 0. The summed E-state index contributed by atoms with van der Waals surface area (Å²) >= 11 is 7.51. The van der Waals surface area contributed by atoms with Crippen LogP contribution in [0, 0.1) is 0 Å². The maximum atomic E-state index is 12.6. The average molecular weight is 406 g/mol. The highest BCUT2D eigenvalue weighted by Crippen LogP contribution is 2.27. The van der Waals surface area contributed by atoms with Crippen LogP contribution in [0.25, 0.3) is 0 Å². The van der Waals surface area contributed by atoms with Gasteiger partial charge in [-0.25, -0.2) is 8.42 Å². The minimum absolute atomic E-state index is 0.0523. The number of amides is 2. The number of thioether (sulfide) groups is 1. The van der Waals surface area contributed by atoms with E-state index in [0.29, 0.717) is 30.4 Å². The van der Waals surface area contributed by atoms with Crippen LogP contribution in [0.4, 0.5) is 5.69 Å². The Bertz CT molecular complexity index is 766. The summed E-state index contributed by atoms with van der Waals surface area (Å²) in [5, 5.41) is 2.71. The second-order valence-electron chi connectivity index (χ2n) is 5.35. The molecule has 0 bridgehead atoms. The highest BCUT2D eigenvalue weighted by Gasteiger charge is 2.26. The molecule has 1 saturated heterocycles. The maximum absolute atomic E-state index is 12.6. The van der Waals surface area contributed by atoms with Crippen LogP contribution in [0.1, 0.15) is 13.8 Å². The van der Waals surface area contributed by atoms with Gasteiger partial charge in [0, 0.05) is 18.8 Å². The lowest BCUT2D eigenvalue weighted by molar-refractivity contribution is -0.130. The van der Waals surface area contributed by atoms with E-state index in [1.807, 2.05) is 0 Å². The minimum atomic E-state index is -3.74. The van der Waals surface area contributed by atoms with Crippen LogP contribution in [0.5, 0.6) is 0 Å². The Morgan fingerprint density at radius 2 is 2.04 bits per heavy atom. The number of carbonyl (C=O) groups is 2. The zero-order valence-electron chi connectivity index (χ0n) is 14.0. The van der Waals surface area contributed by atoms with Crippen molar-refractivity contribution in [2.75, 3.05) is 36.6 Å². The van der Waals surface area contributed by atoms with Crippen molar-refractivity contribution in [2.24, 2.45) is 0 Å². The zero-order chi connectivity index (χ0) is 18.6. The summed E-state index contributed by atoms with van der Waals surface area (Å²) in [6, 6.07) is 4.31.